The first kappa shape index (κ1) is 25.8. The zero-order chi connectivity index (χ0) is 25.4. The van der Waals surface area contributed by atoms with Gasteiger partial charge < -0.3 is 21.7 Å². The van der Waals surface area contributed by atoms with Crippen LogP contribution in [0.1, 0.15) is 46.0 Å². The van der Waals surface area contributed by atoms with Crippen LogP contribution in [0.4, 0.5) is 20.2 Å². The number of nitrogens with zero attached hydrogens (tertiary/aromatic N) is 2. The van der Waals surface area contributed by atoms with Crippen LogP contribution in [-0.4, -0.2) is 42.3 Å². The number of hydrogen-bond donors (Lipinski definition) is 4. The number of aromatic nitrogens is 1. The Morgan fingerprint density at radius 1 is 1.34 bits per heavy atom. The number of carbonyl (C=O) groups is 2. The molecule has 0 saturated heterocycles. The summed E-state index contributed by atoms with van der Waals surface area (Å²) >= 11 is 0. The SMILES string of the molecule is CN=C/C(=C\N)NC(=O)[C@H](C[C@H]1CC[C@H](F)C1)NC(=O)c1cccc(Nc2cc(C)ncc2F)c1.[HH].[HH].[HH]. The fourth-order valence-corrected chi connectivity index (χ4v) is 4.05. The van der Waals surface area contributed by atoms with Crippen LogP contribution in [0, 0.1) is 18.7 Å². The lowest BCUT2D eigenvalue weighted by Gasteiger charge is -2.22. The van der Waals surface area contributed by atoms with E-state index in [4.69, 9.17) is 5.73 Å². The summed E-state index contributed by atoms with van der Waals surface area (Å²) in [4.78, 5) is 33.8. The molecule has 3 rings (SSSR count). The Balaban J connectivity index is 0.00000456. The summed E-state index contributed by atoms with van der Waals surface area (Å²) in [5.41, 5.74) is 7.46. The van der Waals surface area contributed by atoms with Crippen molar-refractivity contribution in [2.45, 2.75) is 44.8 Å². The van der Waals surface area contributed by atoms with Crippen LogP contribution in [0.25, 0.3) is 0 Å². The van der Waals surface area contributed by atoms with Crippen molar-refractivity contribution in [3.05, 3.63) is 65.5 Å². The van der Waals surface area contributed by atoms with Crippen molar-refractivity contribution in [2.75, 3.05) is 12.4 Å². The highest BCUT2D eigenvalue weighted by atomic mass is 19.1. The lowest BCUT2D eigenvalue weighted by molar-refractivity contribution is -0.122. The first-order valence-electron chi connectivity index (χ1n) is 11.4. The second kappa shape index (κ2) is 12.0. The third kappa shape index (κ3) is 7.33. The lowest BCUT2D eigenvalue weighted by atomic mass is 9.97. The van der Waals surface area contributed by atoms with E-state index in [1.54, 1.807) is 37.3 Å². The molecule has 2 amide bonds. The van der Waals surface area contributed by atoms with Gasteiger partial charge in [-0.3, -0.25) is 19.6 Å². The minimum atomic E-state index is -0.907. The number of rotatable bonds is 9. The quantitative estimate of drug-likeness (QED) is 0.392. The molecule has 0 radical (unpaired) electrons. The minimum Gasteiger partial charge on any atom is -0.403 e. The van der Waals surface area contributed by atoms with Crippen molar-refractivity contribution in [1.82, 2.24) is 15.6 Å². The molecule has 0 aliphatic heterocycles. The van der Waals surface area contributed by atoms with Crippen molar-refractivity contribution < 1.29 is 22.6 Å². The number of carbonyl (C=O) groups excluding carboxylic acids is 2. The highest BCUT2D eigenvalue weighted by Gasteiger charge is 2.31. The number of allylic oxidation sites excluding steroid dienone is 1. The molecular weight excluding hydrogens is 454 g/mol. The number of aryl methyl sites for hydroxylation is 1. The second-order valence-electron chi connectivity index (χ2n) is 8.55. The predicted octanol–water partition coefficient (Wildman–Crippen LogP) is 4.25. The van der Waals surface area contributed by atoms with E-state index in [0.717, 1.165) is 6.20 Å². The Morgan fingerprint density at radius 2 is 2.14 bits per heavy atom. The van der Waals surface area contributed by atoms with Gasteiger partial charge in [0.15, 0.2) is 5.82 Å². The molecule has 3 atom stereocenters. The highest BCUT2D eigenvalue weighted by Crippen LogP contribution is 2.31. The summed E-state index contributed by atoms with van der Waals surface area (Å²) in [7, 11) is 1.54. The van der Waals surface area contributed by atoms with E-state index in [1.807, 2.05) is 0 Å². The minimum absolute atomic E-state index is 0. The second-order valence-corrected chi connectivity index (χ2v) is 8.55. The van der Waals surface area contributed by atoms with E-state index in [0.29, 0.717) is 37.1 Å². The summed E-state index contributed by atoms with van der Waals surface area (Å²) < 4.78 is 27.8. The first-order chi connectivity index (χ1) is 16.8. The van der Waals surface area contributed by atoms with Gasteiger partial charge in [0.25, 0.3) is 5.91 Å². The van der Waals surface area contributed by atoms with Crippen LogP contribution in [0.2, 0.25) is 0 Å². The van der Waals surface area contributed by atoms with Gasteiger partial charge in [0.2, 0.25) is 5.91 Å². The van der Waals surface area contributed by atoms with Crippen LogP contribution < -0.4 is 21.7 Å². The molecule has 1 aliphatic rings. The van der Waals surface area contributed by atoms with Crippen LogP contribution in [0.3, 0.4) is 0 Å². The molecule has 0 bridgehead atoms. The van der Waals surface area contributed by atoms with Crippen molar-refractivity contribution in [3.8, 4) is 0 Å². The summed E-state index contributed by atoms with van der Waals surface area (Å²) in [6.45, 7) is 1.74. The molecule has 1 aliphatic carbocycles. The average molecular weight is 491 g/mol. The Bertz CT molecular complexity index is 1140. The summed E-state index contributed by atoms with van der Waals surface area (Å²) in [5.74, 6) is -1.51. The van der Waals surface area contributed by atoms with Crippen LogP contribution in [-0.2, 0) is 4.79 Å². The Labute approximate surface area is 207 Å². The maximum atomic E-state index is 14.1. The van der Waals surface area contributed by atoms with E-state index in [2.05, 4.69) is 25.9 Å². The summed E-state index contributed by atoms with van der Waals surface area (Å²) in [5, 5.41) is 8.35. The predicted molar refractivity (Wildman–Crippen MR) is 138 cm³/mol. The molecular formula is C25H36F2N6O2. The number of alkyl halides is 1. The van der Waals surface area contributed by atoms with Crippen molar-refractivity contribution in [3.63, 3.8) is 0 Å². The molecule has 1 fully saturated rings. The molecule has 1 aromatic carbocycles. The fraction of sp³-hybridized carbons (Fsp3) is 0.360. The van der Waals surface area contributed by atoms with Crippen molar-refractivity contribution >= 4 is 29.4 Å². The van der Waals surface area contributed by atoms with Gasteiger partial charge in [0.1, 0.15) is 12.2 Å². The molecule has 1 heterocycles. The van der Waals surface area contributed by atoms with Crippen molar-refractivity contribution in [1.29, 1.82) is 0 Å². The average Bonchev–Trinajstić information content (AvgIpc) is 3.25. The number of amides is 2. The third-order valence-electron chi connectivity index (χ3n) is 5.78. The number of benzene rings is 1. The maximum absolute atomic E-state index is 14.1. The molecule has 2 aromatic rings. The number of aliphatic imine (C=N–C) groups is 1. The molecule has 0 unspecified atom stereocenters. The maximum Gasteiger partial charge on any atom is 0.252 e. The van der Waals surface area contributed by atoms with E-state index in [9.17, 15) is 18.4 Å². The Morgan fingerprint density at radius 3 is 2.83 bits per heavy atom. The summed E-state index contributed by atoms with van der Waals surface area (Å²) in [6.07, 6.45) is 4.55. The summed E-state index contributed by atoms with van der Waals surface area (Å²) in [6, 6.07) is 7.14. The zero-order valence-corrected chi connectivity index (χ0v) is 19.7. The van der Waals surface area contributed by atoms with Gasteiger partial charge in [-0.05, 0) is 62.8 Å². The molecule has 8 nitrogen and oxygen atoms in total. The van der Waals surface area contributed by atoms with E-state index in [-0.39, 0.29) is 27.1 Å². The van der Waals surface area contributed by atoms with Crippen LogP contribution >= 0.6 is 0 Å². The van der Waals surface area contributed by atoms with Gasteiger partial charge in [-0.2, -0.15) is 0 Å². The monoisotopic (exact) mass is 490 g/mol. The van der Waals surface area contributed by atoms with Gasteiger partial charge in [-0.1, -0.05) is 6.07 Å². The number of pyridine rings is 1. The molecule has 0 spiro atoms. The third-order valence-corrected chi connectivity index (χ3v) is 5.78. The van der Waals surface area contributed by atoms with Gasteiger partial charge >= 0.3 is 0 Å². The number of hydrogen-bond acceptors (Lipinski definition) is 6. The standard InChI is InChI=1S/C25H30F2N6O2.3H2/c1-15-8-22(21(27)14-30-15)31-19-5-3-4-17(11-19)24(34)33-23(10-16-6-7-18(26)9-16)25(35)32-20(12-28)13-29-2;;;/h3-5,8,11-14,16,18,23H,6-7,9-10,28H2,1-2H3,(H,30,31)(H,32,35)(H,33,34);3*1H/b20-12+,29-13?;;;/t16-,18-,23-;;;/m0.../s1. The number of anilines is 2. The van der Waals surface area contributed by atoms with E-state index >= 15 is 0 Å². The van der Waals surface area contributed by atoms with Crippen molar-refractivity contribution in [2.24, 2.45) is 16.6 Å². The number of nitrogens with one attached hydrogen (secondary N) is 3. The smallest absolute Gasteiger partial charge is 0.252 e. The molecule has 1 aromatic heterocycles. The fourth-order valence-electron chi connectivity index (χ4n) is 4.05. The number of halogens is 2. The van der Waals surface area contributed by atoms with Crippen LogP contribution in [0.15, 0.2) is 53.4 Å². The number of nitrogens with two attached hydrogens (primary N) is 1. The van der Waals surface area contributed by atoms with E-state index < -0.39 is 29.8 Å². The van der Waals surface area contributed by atoms with Gasteiger partial charge in [-0.15, -0.1) is 0 Å². The lowest BCUT2D eigenvalue weighted by Crippen LogP contribution is -2.47. The normalized spacial score (nSPS) is 18.9. The zero-order valence-electron chi connectivity index (χ0n) is 19.7. The van der Waals surface area contributed by atoms with E-state index in [1.165, 1.54) is 19.5 Å². The molecule has 192 valence electrons. The van der Waals surface area contributed by atoms with Crippen LogP contribution in [0.5, 0.6) is 0 Å². The molecule has 10 heteroatoms. The topological polar surface area (TPSA) is 121 Å². The molecule has 1 saturated carbocycles. The molecule has 35 heavy (non-hydrogen) atoms. The Hall–Kier alpha value is -3.82. The first-order valence-corrected chi connectivity index (χ1v) is 11.4. The highest BCUT2D eigenvalue weighted by molar-refractivity contribution is 5.99. The van der Waals surface area contributed by atoms with Gasteiger partial charge in [0.05, 0.1) is 17.6 Å². The van der Waals surface area contributed by atoms with Gasteiger partial charge in [-0.25, -0.2) is 8.78 Å². The molecule has 5 N–H and O–H groups in total. The largest absolute Gasteiger partial charge is 0.403 e. The Kier molecular flexibility index (Phi) is 8.88. The van der Waals surface area contributed by atoms with Gasteiger partial charge in [0, 0.05) is 40.7 Å².